The minimum absolute atomic E-state index is 0.0498. The summed E-state index contributed by atoms with van der Waals surface area (Å²) in [6.45, 7) is 7.09. The van der Waals surface area contributed by atoms with E-state index in [2.05, 4.69) is 20.8 Å². The number of carbonyl (C=O) groups excluding carboxylic acids is 1. The van der Waals surface area contributed by atoms with Gasteiger partial charge in [-0.1, -0.05) is 6.92 Å². The Labute approximate surface area is 67.5 Å². The first kappa shape index (κ1) is 8.37. The van der Waals surface area contributed by atoms with E-state index < -0.39 is 0 Å². The minimum Gasteiger partial charge on any atom is -0.351 e. The Kier molecular flexibility index (Phi) is 1.82. The average molecular weight is 156 g/mol. The summed E-state index contributed by atoms with van der Waals surface area (Å²) in [6.07, 6.45) is 1.07. The van der Waals surface area contributed by atoms with Crippen LogP contribution in [0.5, 0.6) is 0 Å². The predicted molar refractivity (Wildman–Crippen MR) is 44.1 cm³/mol. The molecule has 1 saturated heterocycles. The van der Waals surface area contributed by atoms with Crippen molar-refractivity contribution in [1.29, 1.82) is 0 Å². The largest absolute Gasteiger partial charge is 0.351 e. The molecule has 0 bridgehead atoms. The summed E-state index contributed by atoms with van der Waals surface area (Å²) in [7, 11) is 0. The van der Waals surface area contributed by atoms with Crippen LogP contribution in [0.15, 0.2) is 0 Å². The van der Waals surface area contributed by atoms with Crippen molar-refractivity contribution in [3.63, 3.8) is 0 Å². The Hall–Kier alpha value is -0.730. The van der Waals surface area contributed by atoms with E-state index >= 15 is 0 Å². The molecular formula is C8H16N2O. The number of rotatable bonds is 0. The maximum atomic E-state index is 10.9. The monoisotopic (exact) mass is 156 g/mol. The summed E-state index contributed by atoms with van der Waals surface area (Å²) < 4.78 is 0. The van der Waals surface area contributed by atoms with Crippen LogP contribution >= 0.6 is 0 Å². The molecule has 0 spiro atoms. The first-order chi connectivity index (χ1) is 4.96. The first-order valence-corrected chi connectivity index (χ1v) is 4.03. The Morgan fingerprint density at radius 1 is 1.64 bits per heavy atom. The number of hydrogen-bond acceptors (Lipinski definition) is 1. The second-order valence-corrected chi connectivity index (χ2v) is 3.83. The van der Waals surface area contributed by atoms with Crippen LogP contribution in [0.4, 0.5) is 4.79 Å². The smallest absolute Gasteiger partial charge is 0.315 e. The van der Waals surface area contributed by atoms with Gasteiger partial charge in [-0.2, -0.15) is 0 Å². The van der Waals surface area contributed by atoms with E-state index in [4.69, 9.17) is 5.73 Å². The number of likely N-dealkylation sites (tertiary alicyclic amines) is 1. The lowest BCUT2D eigenvalue weighted by atomic mass is 9.90. The van der Waals surface area contributed by atoms with Crippen molar-refractivity contribution in [3.8, 4) is 0 Å². The summed E-state index contributed by atoms with van der Waals surface area (Å²) in [4.78, 5) is 12.7. The number of carbonyl (C=O) groups is 1. The van der Waals surface area contributed by atoms with E-state index in [-0.39, 0.29) is 11.6 Å². The molecule has 0 saturated carbocycles. The van der Waals surface area contributed by atoms with Crippen LogP contribution in [0.3, 0.4) is 0 Å². The van der Waals surface area contributed by atoms with Crippen molar-refractivity contribution >= 4 is 6.03 Å². The van der Waals surface area contributed by atoms with Crippen LogP contribution in [0.25, 0.3) is 0 Å². The molecule has 11 heavy (non-hydrogen) atoms. The fourth-order valence-corrected chi connectivity index (χ4v) is 1.62. The summed E-state index contributed by atoms with van der Waals surface area (Å²) in [5.74, 6) is 0.551. The number of hydrogen-bond donors (Lipinski definition) is 1. The van der Waals surface area contributed by atoms with Crippen molar-refractivity contribution in [2.24, 2.45) is 11.7 Å². The van der Waals surface area contributed by atoms with Crippen molar-refractivity contribution in [3.05, 3.63) is 0 Å². The lowest BCUT2D eigenvalue weighted by Gasteiger charge is -2.33. The van der Waals surface area contributed by atoms with Crippen LogP contribution in [0.1, 0.15) is 27.2 Å². The molecule has 1 fully saturated rings. The van der Waals surface area contributed by atoms with E-state index in [1.807, 2.05) is 0 Å². The van der Waals surface area contributed by atoms with Crippen LogP contribution in [0.2, 0.25) is 0 Å². The maximum absolute atomic E-state index is 10.9. The van der Waals surface area contributed by atoms with Gasteiger partial charge in [0, 0.05) is 12.1 Å². The zero-order valence-electron chi connectivity index (χ0n) is 7.42. The normalized spacial score (nSPS) is 29.0. The van der Waals surface area contributed by atoms with Crippen LogP contribution in [-0.4, -0.2) is 23.0 Å². The van der Waals surface area contributed by atoms with Gasteiger partial charge in [0.25, 0.3) is 0 Å². The average Bonchev–Trinajstić information content (AvgIpc) is 2.08. The maximum Gasteiger partial charge on any atom is 0.315 e. The van der Waals surface area contributed by atoms with E-state index in [9.17, 15) is 4.79 Å². The highest BCUT2D eigenvalue weighted by molar-refractivity contribution is 5.73. The molecule has 1 heterocycles. The standard InChI is InChI=1S/C8H16N2O/c1-6-4-5-10(7(9)11)8(6,2)3/h6H,4-5H2,1-3H3,(H2,9,11). The number of amides is 2. The third-order valence-corrected chi connectivity index (χ3v) is 2.95. The van der Waals surface area contributed by atoms with Crippen molar-refractivity contribution < 1.29 is 4.79 Å². The first-order valence-electron chi connectivity index (χ1n) is 4.03. The number of nitrogens with zero attached hydrogens (tertiary/aromatic N) is 1. The summed E-state index contributed by atoms with van der Waals surface area (Å²) in [5, 5.41) is 0. The molecule has 0 aromatic carbocycles. The molecule has 0 aromatic rings. The molecule has 3 heteroatoms. The Morgan fingerprint density at radius 2 is 2.18 bits per heavy atom. The van der Waals surface area contributed by atoms with Gasteiger partial charge in [0.2, 0.25) is 0 Å². The topological polar surface area (TPSA) is 46.3 Å². The summed E-state index contributed by atoms with van der Waals surface area (Å²) in [6, 6.07) is -0.292. The van der Waals surface area contributed by atoms with Gasteiger partial charge in [0.15, 0.2) is 0 Å². The molecule has 2 N–H and O–H groups in total. The summed E-state index contributed by atoms with van der Waals surface area (Å²) in [5.41, 5.74) is 5.17. The molecule has 0 aliphatic carbocycles. The van der Waals surface area contributed by atoms with Crippen LogP contribution in [-0.2, 0) is 0 Å². The lowest BCUT2D eigenvalue weighted by molar-refractivity contribution is 0.157. The van der Waals surface area contributed by atoms with Gasteiger partial charge >= 0.3 is 6.03 Å². The fourth-order valence-electron chi connectivity index (χ4n) is 1.62. The van der Waals surface area contributed by atoms with E-state index in [0.29, 0.717) is 5.92 Å². The Balaban J connectivity index is 2.78. The minimum atomic E-state index is -0.292. The highest BCUT2D eigenvalue weighted by Crippen LogP contribution is 2.33. The quantitative estimate of drug-likeness (QED) is 0.562. The van der Waals surface area contributed by atoms with E-state index in [1.165, 1.54) is 0 Å². The van der Waals surface area contributed by atoms with E-state index in [0.717, 1.165) is 13.0 Å². The van der Waals surface area contributed by atoms with Crippen molar-refractivity contribution in [2.45, 2.75) is 32.7 Å². The SMILES string of the molecule is CC1CCN(C(N)=O)C1(C)C. The van der Waals surface area contributed by atoms with Gasteiger partial charge in [0.1, 0.15) is 0 Å². The molecule has 64 valence electrons. The fraction of sp³-hybridized carbons (Fsp3) is 0.875. The van der Waals surface area contributed by atoms with Crippen molar-refractivity contribution in [2.75, 3.05) is 6.54 Å². The molecule has 2 amide bonds. The van der Waals surface area contributed by atoms with Gasteiger partial charge < -0.3 is 10.6 Å². The molecule has 1 aliphatic rings. The number of primary amides is 1. The predicted octanol–water partition coefficient (Wildman–Crippen LogP) is 1.19. The van der Waals surface area contributed by atoms with Gasteiger partial charge in [0.05, 0.1) is 0 Å². The second-order valence-electron chi connectivity index (χ2n) is 3.83. The second kappa shape index (κ2) is 2.40. The van der Waals surface area contributed by atoms with Crippen molar-refractivity contribution in [1.82, 2.24) is 4.90 Å². The molecule has 0 aromatic heterocycles. The molecule has 3 nitrogen and oxygen atoms in total. The highest BCUT2D eigenvalue weighted by Gasteiger charge is 2.40. The molecule has 1 aliphatic heterocycles. The molecule has 1 rings (SSSR count). The summed E-state index contributed by atoms with van der Waals surface area (Å²) >= 11 is 0. The third-order valence-electron chi connectivity index (χ3n) is 2.95. The molecule has 1 unspecified atom stereocenters. The highest BCUT2D eigenvalue weighted by atomic mass is 16.2. The number of nitrogens with two attached hydrogens (primary N) is 1. The van der Waals surface area contributed by atoms with Gasteiger partial charge in [-0.05, 0) is 26.2 Å². The van der Waals surface area contributed by atoms with Crippen LogP contribution < -0.4 is 5.73 Å². The van der Waals surface area contributed by atoms with Crippen LogP contribution in [0, 0.1) is 5.92 Å². The van der Waals surface area contributed by atoms with Gasteiger partial charge in [-0.15, -0.1) is 0 Å². The van der Waals surface area contributed by atoms with Gasteiger partial charge in [-0.3, -0.25) is 0 Å². The molecule has 1 atom stereocenters. The Morgan fingerprint density at radius 3 is 2.36 bits per heavy atom. The Bertz CT molecular complexity index is 177. The molecule has 0 radical (unpaired) electrons. The van der Waals surface area contributed by atoms with Gasteiger partial charge in [-0.25, -0.2) is 4.79 Å². The number of urea groups is 1. The molecular weight excluding hydrogens is 140 g/mol. The zero-order valence-corrected chi connectivity index (χ0v) is 7.42. The lowest BCUT2D eigenvalue weighted by Crippen LogP contribution is -2.47. The third kappa shape index (κ3) is 1.19. The van der Waals surface area contributed by atoms with E-state index in [1.54, 1.807) is 4.90 Å². The zero-order chi connectivity index (χ0) is 8.65.